The molecule has 0 N–H and O–H groups in total. The number of rotatable bonds is 3. The molecule has 0 aliphatic carbocycles. The molecule has 0 spiro atoms. The first-order chi connectivity index (χ1) is 6.92. The normalized spacial score (nSPS) is 31.1. The Labute approximate surface area is 86.6 Å². The summed E-state index contributed by atoms with van der Waals surface area (Å²) < 4.78 is 24.2. The van der Waals surface area contributed by atoms with Gasteiger partial charge >= 0.3 is 0 Å². The summed E-state index contributed by atoms with van der Waals surface area (Å²) >= 11 is 0. The molecule has 0 bridgehead atoms. The molecule has 2 aliphatic rings. The standard InChI is InChI=1S/C7H15NO4P2/c1-2-9-13-8(4-3-5-10-13)14-11-6-7-12-14/h2-7H2,1H3. The van der Waals surface area contributed by atoms with Crippen LogP contribution in [0, 0.1) is 0 Å². The van der Waals surface area contributed by atoms with Crippen LogP contribution in [0.15, 0.2) is 0 Å². The Bertz CT molecular complexity index is 177. The SMILES string of the molecule is CCOP1OCCCN1P1OCCO1. The second kappa shape index (κ2) is 5.66. The van der Waals surface area contributed by atoms with Gasteiger partial charge in [-0.2, -0.15) is 4.44 Å². The summed E-state index contributed by atoms with van der Waals surface area (Å²) in [7, 11) is -1.84. The maximum Gasteiger partial charge on any atom is 0.266 e. The maximum absolute atomic E-state index is 5.57. The van der Waals surface area contributed by atoms with Crippen molar-refractivity contribution in [1.29, 1.82) is 0 Å². The van der Waals surface area contributed by atoms with Crippen LogP contribution >= 0.6 is 17.1 Å². The second-order valence-corrected chi connectivity index (χ2v) is 6.11. The zero-order chi connectivity index (χ0) is 9.80. The average molecular weight is 239 g/mol. The first-order valence-electron chi connectivity index (χ1n) is 4.81. The predicted octanol–water partition coefficient (Wildman–Crippen LogP) is 2.25. The molecule has 0 aromatic heterocycles. The van der Waals surface area contributed by atoms with E-state index >= 15 is 0 Å². The average Bonchev–Trinajstić information content (AvgIpc) is 2.72. The van der Waals surface area contributed by atoms with Gasteiger partial charge in [0.2, 0.25) is 0 Å². The summed E-state index contributed by atoms with van der Waals surface area (Å²) in [5, 5.41) is 0. The third kappa shape index (κ3) is 2.61. The molecule has 14 heavy (non-hydrogen) atoms. The Hall–Kier alpha value is 0.660. The van der Waals surface area contributed by atoms with Gasteiger partial charge in [-0.05, 0) is 13.3 Å². The topological polar surface area (TPSA) is 40.2 Å². The van der Waals surface area contributed by atoms with Gasteiger partial charge < -0.3 is 18.1 Å². The molecule has 2 saturated heterocycles. The van der Waals surface area contributed by atoms with Crippen LogP contribution < -0.4 is 0 Å². The molecule has 1 atom stereocenters. The summed E-state index contributed by atoms with van der Waals surface area (Å²) in [6, 6.07) is 0. The van der Waals surface area contributed by atoms with Crippen molar-refractivity contribution in [3.05, 3.63) is 0 Å². The van der Waals surface area contributed by atoms with Crippen molar-refractivity contribution in [1.82, 2.24) is 4.44 Å². The molecule has 0 radical (unpaired) electrons. The van der Waals surface area contributed by atoms with E-state index in [9.17, 15) is 0 Å². The minimum atomic E-state index is -0.934. The van der Waals surface area contributed by atoms with Gasteiger partial charge in [0.15, 0.2) is 0 Å². The Balaban J connectivity index is 1.91. The van der Waals surface area contributed by atoms with Gasteiger partial charge in [0, 0.05) is 6.54 Å². The van der Waals surface area contributed by atoms with Gasteiger partial charge in [0.05, 0.1) is 26.4 Å². The molecular formula is C7H15NO4P2. The van der Waals surface area contributed by atoms with E-state index in [1.807, 2.05) is 6.92 Å². The van der Waals surface area contributed by atoms with E-state index in [1.54, 1.807) is 0 Å². The molecule has 2 heterocycles. The minimum Gasteiger partial charge on any atom is -0.322 e. The van der Waals surface area contributed by atoms with E-state index in [1.165, 1.54) is 0 Å². The largest absolute Gasteiger partial charge is 0.322 e. The third-order valence-electron chi connectivity index (χ3n) is 1.81. The first-order valence-corrected chi connectivity index (χ1v) is 7.07. The Morgan fingerprint density at radius 1 is 1.21 bits per heavy atom. The van der Waals surface area contributed by atoms with Gasteiger partial charge in [-0.1, -0.05) is 0 Å². The van der Waals surface area contributed by atoms with Crippen molar-refractivity contribution in [2.24, 2.45) is 0 Å². The number of nitrogens with zero attached hydrogens (tertiary/aromatic N) is 1. The highest BCUT2D eigenvalue weighted by atomic mass is 31.2. The molecular weight excluding hydrogens is 224 g/mol. The molecule has 2 fully saturated rings. The van der Waals surface area contributed by atoms with E-state index in [2.05, 4.69) is 4.44 Å². The number of hydrogen-bond donors (Lipinski definition) is 0. The van der Waals surface area contributed by atoms with Crippen molar-refractivity contribution in [2.75, 3.05) is 33.0 Å². The summed E-state index contributed by atoms with van der Waals surface area (Å²) in [4.78, 5) is 0. The van der Waals surface area contributed by atoms with Crippen molar-refractivity contribution < 1.29 is 18.1 Å². The zero-order valence-electron chi connectivity index (χ0n) is 8.22. The molecule has 82 valence electrons. The van der Waals surface area contributed by atoms with Gasteiger partial charge in [-0.15, -0.1) is 0 Å². The smallest absolute Gasteiger partial charge is 0.266 e. The van der Waals surface area contributed by atoms with Crippen LogP contribution in [0.25, 0.3) is 0 Å². The van der Waals surface area contributed by atoms with Crippen molar-refractivity contribution in [3.8, 4) is 0 Å². The fourth-order valence-electron chi connectivity index (χ4n) is 1.25. The lowest BCUT2D eigenvalue weighted by Crippen LogP contribution is -2.22. The lowest BCUT2D eigenvalue weighted by Gasteiger charge is -2.34. The molecule has 0 aromatic rings. The highest BCUT2D eigenvalue weighted by Gasteiger charge is 2.36. The van der Waals surface area contributed by atoms with Crippen molar-refractivity contribution in [3.63, 3.8) is 0 Å². The Morgan fingerprint density at radius 3 is 2.71 bits per heavy atom. The third-order valence-corrected chi connectivity index (χ3v) is 5.53. The summed E-state index contributed by atoms with van der Waals surface area (Å²) in [6.45, 7) is 5.77. The van der Waals surface area contributed by atoms with E-state index in [4.69, 9.17) is 18.1 Å². The zero-order valence-corrected chi connectivity index (χ0v) is 10.0. The quantitative estimate of drug-likeness (QED) is 0.706. The highest BCUT2D eigenvalue weighted by molar-refractivity contribution is 7.60. The highest BCUT2D eigenvalue weighted by Crippen LogP contribution is 2.61. The van der Waals surface area contributed by atoms with Crippen LogP contribution in [0.2, 0.25) is 0 Å². The van der Waals surface area contributed by atoms with E-state index in [-0.39, 0.29) is 0 Å². The first kappa shape index (κ1) is 11.2. The lowest BCUT2D eigenvalue weighted by atomic mass is 10.5. The van der Waals surface area contributed by atoms with Gasteiger partial charge in [-0.3, -0.25) is 0 Å². The molecule has 2 rings (SSSR count). The second-order valence-electron chi connectivity index (χ2n) is 2.84. The van der Waals surface area contributed by atoms with Gasteiger partial charge in [0.1, 0.15) is 0 Å². The van der Waals surface area contributed by atoms with Gasteiger partial charge in [0.25, 0.3) is 17.1 Å². The minimum absolute atomic E-state index is 0.672. The van der Waals surface area contributed by atoms with Gasteiger partial charge in [-0.25, -0.2) is 0 Å². The predicted molar refractivity (Wildman–Crippen MR) is 54.6 cm³/mol. The monoisotopic (exact) mass is 239 g/mol. The van der Waals surface area contributed by atoms with E-state index in [0.29, 0.717) is 19.8 Å². The Morgan fingerprint density at radius 2 is 2.00 bits per heavy atom. The fraction of sp³-hybridized carbons (Fsp3) is 1.00. The van der Waals surface area contributed by atoms with Crippen molar-refractivity contribution in [2.45, 2.75) is 13.3 Å². The molecule has 0 amide bonds. The molecule has 5 nitrogen and oxygen atoms in total. The summed E-state index contributed by atoms with van der Waals surface area (Å²) in [5.74, 6) is 0. The van der Waals surface area contributed by atoms with E-state index in [0.717, 1.165) is 19.6 Å². The Kier molecular flexibility index (Phi) is 4.51. The summed E-state index contributed by atoms with van der Waals surface area (Å²) in [5.41, 5.74) is 0. The molecule has 2 aliphatic heterocycles. The lowest BCUT2D eigenvalue weighted by molar-refractivity contribution is 0.195. The van der Waals surface area contributed by atoms with E-state index < -0.39 is 17.1 Å². The summed E-state index contributed by atoms with van der Waals surface area (Å²) in [6.07, 6.45) is 1.03. The maximum atomic E-state index is 5.57. The molecule has 7 heteroatoms. The van der Waals surface area contributed by atoms with Crippen molar-refractivity contribution >= 4 is 17.1 Å². The van der Waals surface area contributed by atoms with Crippen LogP contribution in [0.5, 0.6) is 0 Å². The van der Waals surface area contributed by atoms with Crippen LogP contribution in [0.4, 0.5) is 0 Å². The molecule has 0 saturated carbocycles. The van der Waals surface area contributed by atoms with Crippen LogP contribution in [-0.2, 0) is 18.1 Å². The fourth-order valence-corrected chi connectivity index (χ4v) is 4.61. The molecule has 1 unspecified atom stereocenters. The van der Waals surface area contributed by atoms with Crippen LogP contribution in [0.1, 0.15) is 13.3 Å². The van der Waals surface area contributed by atoms with Crippen LogP contribution in [0.3, 0.4) is 0 Å². The molecule has 0 aromatic carbocycles. The van der Waals surface area contributed by atoms with Crippen LogP contribution in [-0.4, -0.2) is 37.4 Å². The number of hydrogen-bond acceptors (Lipinski definition) is 5.